The van der Waals surface area contributed by atoms with E-state index in [9.17, 15) is 4.79 Å². The standard InChI is InChI=1S/C11H22O2S.C3H8S/c12-11(13)9-7-5-3-1-2-4-6-8-10-14;1-2-3-4/h14H,1-10H2,(H,12,13);4H,2-3H2,1H3. The maximum absolute atomic E-state index is 10.2. The predicted octanol–water partition coefficient (Wildman–Crippen LogP) is 4.84. The van der Waals surface area contributed by atoms with Crippen LogP contribution in [-0.2, 0) is 4.79 Å². The Hall–Kier alpha value is 0.170. The summed E-state index contributed by atoms with van der Waals surface area (Å²) in [6.45, 7) is 2.10. The first-order valence-electron chi connectivity index (χ1n) is 7.12. The van der Waals surface area contributed by atoms with Gasteiger partial charge in [0.05, 0.1) is 0 Å². The van der Waals surface area contributed by atoms with Crippen LogP contribution < -0.4 is 0 Å². The quantitative estimate of drug-likeness (QED) is 0.377. The SMILES string of the molecule is CCCS.O=C(O)CCCCCCCCCCS. The fourth-order valence-corrected chi connectivity index (χ4v) is 1.67. The maximum Gasteiger partial charge on any atom is 0.303 e. The minimum absolute atomic E-state index is 0.333. The molecule has 0 saturated carbocycles. The van der Waals surface area contributed by atoms with E-state index in [0.717, 1.165) is 24.3 Å². The van der Waals surface area contributed by atoms with Gasteiger partial charge in [-0.2, -0.15) is 25.3 Å². The largest absolute Gasteiger partial charge is 0.481 e. The van der Waals surface area contributed by atoms with E-state index in [1.54, 1.807) is 0 Å². The highest BCUT2D eigenvalue weighted by Gasteiger charge is 1.96. The number of carbonyl (C=O) groups is 1. The van der Waals surface area contributed by atoms with Crippen LogP contribution in [0, 0.1) is 0 Å². The molecule has 0 aliphatic heterocycles. The van der Waals surface area contributed by atoms with Crippen molar-refractivity contribution in [1.29, 1.82) is 0 Å². The molecule has 0 bridgehead atoms. The van der Waals surface area contributed by atoms with Gasteiger partial charge in [0.15, 0.2) is 0 Å². The van der Waals surface area contributed by atoms with E-state index >= 15 is 0 Å². The Morgan fingerprint density at radius 1 is 0.833 bits per heavy atom. The molecule has 0 aromatic carbocycles. The van der Waals surface area contributed by atoms with Crippen LogP contribution in [-0.4, -0.2) is 22.6 Å². The van der Waals surface area contributed by atoms with Gasteiger partial charge in [0.2, 0.25) is 0 Å². The van der Waals surface area contributed by atoms with Crippen LogP contribution in [0.15, 0.2) is 0 Å². The van der Waals surface area contributed by atoms with Crippen LogP contribution in [0.1, 0.15) is 71.1 Å². The summed E-state index contributed by atoms with van der Waals surface area (Å²) >= 11 is 8.08. The number of rotatable bonds is 11. The van der Waals surface area contributed by atoms with E-state index in [4.69, 9.17) is 5.11 Å². The van der Waals surface area contributed by atoms with Crippen molar-refractivity contribution < 1.29 is 9.90 Å². The van der Waals surface area contributed by atoms with Crippen molar-refractivity contribution in [2.45, 2.75) is 71.1 Å². The molecule has 18 heavy (non-hydrogen) atoms. The van der Waals surface area contributed by atoms with Gasteiger partial charge in [0.25, 0.3) is 0 Å². The van der Waals surface area contributed by atoms with Crippen molar-refractivity contribution >= 4 is 31.2 Å². The molecule has 0 fully saturated rings. The van der Waals surface area contributed by atoms with E-state index in [0.29, 0.717) is 6.42 Å². The Morgan fingerprint density at radius 2 is 1.22 bits per heavy atom. The van der Waals surface area contributed by atoms with Crippen molar-refractivity contribution in [2.75, 3.05) is 11.5 Å². The molecular formula is C14H30O2S2. The first-order valence-corrected chi connectivity index (χ1v) is 8.39. The average Bonchev–Trinajstić information content (AvgIpc) is 2.37. The van der Waals surface area contributed by atoms with Crippen LogP contribution in [0.3, 0.4) is 0 Å². The Morgan fingerprint density at radius 3 is 1.56 bits per heavy atom. The van der Waals surface area contributed by atoms with Gasteiger partial charge in [-0.3, -0.25) is 4.79 Å². The van der Waals surface area contributed by atoms with E-state index in [1.165, 1.54) is 44.9 Å². The summed E-state index contributed by atoms with van der Waals surface area (Å²) in [5.41, 5.74) is 0. The number of carboxylic acid groups (broad SMARTS) is 1. The van der Waals surface area contributed by atoms with Gasteiger partial charge >= 0.3 is 5.97 Å². The summed E-state index contributed by atoms with van der Waals surface area (Å²) in [4.78, 5) is 10.2. The van der Waals surface area contributed by atoms with Crippen LogP contribution in [0.2, 0.25) is 0 Å². The monoisotopic (exact) mass is 294 g/mol. The van der Waals surface area contributed by atoms with Gasteiger partial charge in [-0.1, -0.05) is 45.4 Å². The second-order valence-electron chi connectivity index (χ2n) is 4.42. The zero-order valence-corrected chi connectivity index (χ0v) is 13.5. The molecule has 0 atom stereocenters. The zero-order chi connectivity index (χ0) is 14.1. The van der Waals surface area contributed by atoms with E-state index < -0.39 is 5.97 Å². The summed E-state index contributed by atoms with van der Waals surface area (Å²) in [5, 5.41) is 8.41. The highest BCUT2D eigenvalue weighted by atomic mass is 32.1. The number of hydrogen-bond acceptors (Lipinski definition) is 3. The van der Waals surface area contributed by atoms with Gasteiger partial charge in [-0.25, -0.2) is 0 Å². The van der Waals surface area contributed by atoms with Crippen LogP contribution in [0.25, 0.3) is 0 Å². The van der Waals surface area contributed by atoms with Crippen LogP contribution in [0.4, 0.5) is 0 Å². The Kier molecular flexibility index (Phi) is 22.2. The van der Waals surface area contributed by atoms with Crippen molar-refractivity contribution in [1.82, 2.24) is 0 Å². The molecular weight excluding hydrogens is 264 g/mol. The summed E-state index contributed by atoms with van der Waals surface area (Å²) in [5.74, 6) is 1.34. The number of aliphatic carboxylic acids is 1. The molecule has 0 saturated heterocycles. The molecule has 0 aliphatic carbocycles. The Labute approximate surface area is 124 Å². The highest BCUT2D eigenvalue weighted by Crippen LogP contribution is 2.09. The maximum atomic E-state index is 10.2. The first-order chi connectivity index (χ1) is 8.68. The molecule has 0 heterocycles. The molecule has 1 N–H and O–H groups in total. The van der Waals surface area contributed by atoms with Gasteiger partial charge in [0.1, 0.15) is 0 Å². The fourth-order valence-electron chi connectivity index (χ4n) is 1.45. The van der Waals surface area contributed by atoms with Gasteiger partial charge in [-0.05, 0) is 30.8 Å². The van der Waals surface area contributed by atoms with Crippen molar-refractivity contribution in [2.24, 2.45) is 0 Å². The molecule has 0 aliphatic rings. The summed E-state index contributed by atoms with van der Waals surface area (Å²) in [6, 6.07) is 0. The van der Waals surface area contributed by atoms with Crippen molar-refractivity contribution in [3.8, 4) is 0 Å². The normalized spacial score (nSPS) is 9.72. The number of carboxylic acids is 1. The summed E-state index contributed by atoms with van der Waals surface area (Å²) in [6.07, 6.45) is 11.0. The molecule has 0 aromatic rings. The Balaban J connectivity index is 0. The molecule has 4 heteroatoms. The smallest absolute Gasteiger partial charge is 0.303 e. The van der Waals surface area contributed by atoms with Gasteiger partial charge < -0.3 is 5.11 Å². The molecule has 0 rings (SSSR count). The fraction of sp³-hybridized carbons (Fsp3) is 0.929. The molecule has 0 aromatic heterocycles. The highest BCUT2D eigenvalue weighted by molar-refractivity contribution is 7.80. The van der Waals surface area contributed by atoms with Crippen LogP contribution >= 0.6 is 25.3 Å². The minimum Gasteiger partial charge on any atom is -0.481 e. The number of unbranched alkanes of at least 4 members (excludes halogenated alkanes) is 7. The predicted molar refractivity (Wildman–Crippen MR) is 87.2 cm³/mol. The van der Waals surface area contributed by atoms with Crippen LogP contribution in [0.5, 0.6) is 0 Å². The molecule has 0 unspecified atom stereocenters. The molecule has 0 spiro atoms. The number of thiol groups is 2. The van der Waals surface area contributed by atoms with Gasteiger partial charge in [0, 0.05) is 6.42 Å². The summed E-state index contributed by atoms with van der Waals surface area (Å²) < 4.78 is 0. The molecule has 0 amide bonds. The minimum atomic E-state index is -0.668. The van der Waals surface area contributed by atoms with Crippen molar-refractivity contribution in [3.63, 3.8) is 0 Å². The number of hydrogen-bond donors (Lipinski definition) is 3. The van der Waals surface area contributed by atoms with E-state index in [-0.39, 0.29) is 0 Å². The second-order valence-corrected chi connectivity index (χ2v) is 5.31. The molecule has 0 radical (unpaired) electrons. The third-order valence-corrected chi connectivity index (χ3v) is 3.29. The Bertz CT molecular complexity index is 162. The first kappa shape index (κ1) is 20.5. The third-order valence-electron chi connectivity index (χ3n) is 2.52. The lowest BCUT2D eigenvalue weighted by Crippen LogP contribution is -1.93. The average molecular weight is 295 g/mol. The lowest BCUT2D eigenvalue weighted by molar-refractivity contribution is -0.137. The van der Waals surface area contributed by atoms with E-state index in [2.05, 4.69) is 32.2 Å². The lowest BCUT2D eigenvalue weighted by atomic mass is 10.1. The van der Waals surface area contributed by atoms with Crippen molar-refractivity contribution in [3.05, 3.63) is 0 Å². The van der Waals surface area contributed by atoms with E-state index in [1.807, 2.05) is 0 Å². The lowest BCUT2D eigenvalue weighted by Gasteiger charge is -2.00. The zero-order valence-electron chi connectivity index (χ0n) is 11.7. The summed E-state index contributed by atoms with van der Waals surface area (Å²) in [7, 11) is 0. The third kappa shape index (κ3) is 25.1. The second kappa shape index (κ2) is 19.5. The topological polar surface area (TPSA) is 37.3 Å². The van der Waals surface area contributed by atoms with Gasteiger partial charge in [-0.15, -0.1) is 0 Å². The molecule has 2 nitrogen and oxygen atoms in total. The molecule has 110 valence electrons.